The quantitative estimate of drug-likeness (QED) is 0.699. The highest BCUT2D eigenvalue weighted by atomic mass is 16.2. The Morgan fingerprint density at radius 3 is 2.94 bits per heavy atom. The molecule has 1 heterocycles. The minimum atomic E-state index is -0.537. The Hall–Kier alpha value is -2.08. The van der Waals surface area contributed by atoms with Gasteiger partial charge in [-0.2, -0.15) is 0 Å². The van der Waals surface area contributed by atoms with Gasteiger partial charge in [-0.15, -0.1) is 0 Å². The van der Waals surface area contributed by atoms with Crippen LogP contribution in [0.2, 0.25) is 0 Å². The number of para-hydroxylation sites is 2. The highest BCUT2D eigenvalue weighted by Gasteiger charge is 2.08. The number of aromatic nitrogens is 2. The number of imidazole rings is 1. The van der Waals surface area contributed by atoms with E-state index in [-0.39, 0.29) is 11.6 Å². The first-order valence-electron chi connectivity index (χ1n) is 5.80. The Bertz CT molecular complexity index is 612. The molecule has 0 bridgehead atoms. The number of benzene rings is 1. The van der Waals surface area contributed by atoms with Gasteiger partial charge in [0.1, 0.15) is 0 Å². The lowest BCUT2D eigenvalue weighted by molar-refractivity contribution is -0.122. The van der Waals surface area contributed by atoms with Crippen LogP contribution < -0.4 is 16.7 Å². The van der Waals surface area contributed by atoms with Crippen LogP contribution in [0.5, 0.6) is 0 Å². The second-order valence-corrected chi connectivity index (χ2v) is 4.18. The molecule has 1 atom stereocenters. The van der Waals surface area contributed by atoms with E-state index in [9.17, 15) is 9.59 Å². The van der Waals surface area contributed by atoms with Crippen LogP contribution in [0, 0.1) is 0 Å². The van der Waals surface area contributed by atoms with Crippen molar-refractivity contribution in [2.75, 3.05) is 6.54 Å². The van der Waals surface area contributed by atoms with E-state index in [2.05, 4.69) is 10.3 Å². The molecule has 0 aliphatic heterocycles. The van der Waals surface area contributed by atoms with E-state index in [0.29, 0.717) is 13.1 Å². The van der Waals surface area contributed by atoms with Crippen LogP contribution >= 0.6 is 0 Å². The summed E-state index contributed by atoms with van der Waals surface area (Å²) in [6.07, 6.45) is 0. The number of hydrogen-bond acceptors (Lipinski definition) is 3. The van der Waals surface area contributed by atoms with E-state index >= 15 is 0 Å². The molecule has 0 saturated carbocycles. The molecule has 0 radical (unpaired) electrons. The number of H-pyrrole nitrogens is 1. The maximum atomic E-state index is 11.7. The van der Waals surface area contributed by atoms with Crippen molar-refractivity contribution < 1.29 is 4.79 Å². The SMILES string of the molecule is C[C@@H](N)C(=O)NCCn1c(=O)[nH]c2ccccc21. The van der Waals surface area contributed by atoms with Gasteiger partial charge in [0.15, 0.2) is 0 Å². The average molecular weight is 248 g/mol. The first-order valence-corrected chi connectivity index (χ1v) is 5.80. The fourth-order valence-corrected chi connectivity index (χ4v) is 1.78. The normalized spacial score (nSPS) is 12.6. The summed E-state index contributed by atoms with van der Waals surface area (Å²) >= 11 is 0. The third-order valence-corrected chi connectivity index (χ3v) is 2.73. The van der Waals surface area contributed by atoms with Crippen LogP contribution in [-0.4, -0.2) is 28.0 Å². The second-order valence-electron chi connectivity index (χ2n) is 4.18. The molecule has 0 fully saturated rings. The Balaban J connectivity index is 2.10. The third-order valence-electron chi connectivity index (χ3n) is 2.73. The molecule has 1 amide bonds. The number of nitrogens with zero attached hydrogens (tertiary/aromatic N) is 1. The summed E-state index contributed by atoms with van der Waals surface area (Å²) in [5.41, 5.74) is 6.88. The summed E-state index contributed by atoms with van der Waals surface area (Å²) in [6.45, 7) is 2.41. The molecule has 0 saturated heterocycles. The third kappa shape index (κ3) is 2.43. The summed E-state index contributed by atoms with van der Waals surface area (Å²) in [6, 6.07) is 6.89. The van der Waals surface area contributed by atoms with E-state index < -0.39 is 6.04 Å². The second kappa shape index (κ2) is 5.05. The van der Waals surface area contributed by atoms with Crippen molar-refractivity contribution in [3.63, 3.8) is 0 Å². The molecule has 6 nitrogen and oxygen atoms in total. The molecule has 96 valence electrons. The molecular formula is C12H16N4O2. The van der Waals surface area contributed by atoms with Crippen molar-refractivity contribution in [3.8, 4) is 0 Å². The van der Waals surface area contributed by atoms with Crippen molar-refractivity contribution in [1.29, 1.82) is 0 Å². The number of aromatic amines is 1. The average Bonchev–Trinajstić information content (AvgIpc) is 2.65. The fraction of sp³-hybridized carbons (Fsp3) is 0.333. The molecule has 4 N–H and O–H groups in total. The molecular weight excluding hydrogens is 232 g/mol. The summed E-state index contributed by atoms with van der Waals surface area (Å²) in [4.78, 5) is 25.8. The molecule has 0 spiro atoms. The molecule has 1 aromatic carbocycles. The molecule has 2 aromatic rings. The van der Waals surface area contributed by atoms with E-state index in [4.69, 9.17) is 5.73 Å². The van der Waals surface area contributed by atoms with Gasteiger partial charge in [-0.1, -0.05) is 12.1 Å². The van der Waals surface area contributed by atoms with Gasteiger partial charge in [0, 0.05) is 13.1 Å². The van der Waals surface area contributed by atoms with Crippen molar-refractivity contribution in [1.82, 2.24) is 14.9 Å². The molecule has 2 rings (SSSR count). The minimum absolute atomic E-state index is 0.175. The number of hydrogen-bond donors (Lipinski definition) is 3. The molecule has 6 heteroatoms. The zero-order valence-corrected chi connectivity index (χ0v) is 10.1. The largest absolute Gasteiger partial charge is 0.353 e. The smallest absolute Gasteiger partial charge is 0.326 e. The number of fused-ring (bicyclic) bond motifs is 1. The van der Waals surface area contributed by atoms with E-state index in [0.717, 1.165) is 11.0 Å². The zero-order chi connectivity index (χ0) is 13.1. The van der Waals surface area contributed by atoms with Gasteiger partial charge in [-0.05, 0) is 19.1 Å². The van der Waals surface area contributed by atoms with Crippen LogP contribution in [0.15, 0.2) is 29.1 Å². The zero-order valence-electron chi connectivity index (χ0n) is 10.1. The molecule has 0 unspecified atom stereocenters. The van der Waals surface area contributed by atoms with E-state index in [1.807, 2.05) is 24.3 Å². The number of carbonyl (C=O) groups is 1. The topological polar surface area (TPSA) is 92.9 Å². The Morgan fingerprint density at radius 2 is 2.22 bits per heavy atom. The maximum Gasteiger partial charge on any atom is 0.326 e. The minimum Gasteiger partial charge on any atom is -0.353 e. The highest BCUT2D eigenvalue weighted by molar-refractivity contribution is 5.81. The number of nitrogens with two attached hydrogens (primary N) is 1. The van der Waals surface area contributed by atoms with Crippen LogP contribution in [0.25, 0.3) is 11.0 Å². The number of nitrogens with one attached hydrogen (secondary N) is 2. The predicted molar refractivity (Wildman–Crippen MR) is 69.2 cm³/mol. The number of carbonyl (C=O) groups excluding carboxylic acids is 1. The van der Waals surface area contributed by atoms with Crippen molar-refractivity contribution in [2.24, 2.45) is 5.73 Å². The van der Waals surface area contributed by atoms with Crippen molar-refractivity contribution >= 4 is 16.9 Å². The molecule has 0 aliphatic rings. The first kappa shape index (κ1) is 12.4. The van der Waals surface area contributed by atoms with Crippen molar-refractivity contribution in [2.45, 2.75) is 19.5 Å². The predicted octanol–water partition coefficient (Wildman–Crippen LogP) is -0.207. The van der Waals surface area contributed by atoms with Gasteiger partial charge in [-0.3, -0.25) is 9.36 Å². The maximum absolute atomic E-state index is 11.7. The summed E-state index contributed by atoms with van der Waals surface area (Å²) in [5.74, 6) is -0.220. The van der Waals surface area contributed by atoms with E-state index in [1.165, 1.54) is 0 Å². The number of rotatable bonds is 4. The van der Waals surface area contributed by atoms with Crippen LogP contribution in [0.4, 0.5) is 0 Å². The number of amides is 1. The van der Waals surface area contributed by atoms with Gasteiger partial charge in [0.2, 0.25) is 5.91 Å². The first-order chi connectivity index (χ1) is 8.59. The lowest BCUT2D eigenvalue weighted by atomic mass is 10.3. The van der Waals surface area contributed by atoms with Gasteiger partial charge in [0.05, 0.1) is 17.1 Å². The van der Waals surface area contributed by atoms with Gasteiger partial charge < -0.3 is 16.0 Å². The Labute approximate surface area is 104 Å². The Morgan fingerprint density at radius 1 is 1.50 bits per heavy atom. The molecule has 0 aliphatic carbocycles. The highest BCUT2D eigenvalue weighted by Crippen LogP contribution is 2.08. The standard InChI is InChI=1S/C12H16N4O2/c1-8(13)11(17)14-6-7-16-10-5-3-2-4-9(10)15-12(16)18/h2-5,8H,6-7,13H2,1H3,(H,14,17)(H,15,18)/t8-/m1/s1. The molecule has 1 aromatic heterocycles. The van der Waals surface area contributed by atoms with Crippen LogP contribution in [-0.2, 0) is 11.3 Å². The van der Waals surface area contributed by atoms with Gasteiger partial charge in [0.25, 0.3) is 0 Å². The van der Waals surface area contributed by atoms with Crippen LogP contribution in [0.1, 0.15) is 6.92 Å². The van der Waals surface area contributed by atoms with Gasteiger partial charge in [-0.25, -0.2) is 4.79 Å². The lowest BCUT2D eigenvalue weighted by Gasteiger charge is -2.08. The fourth-order valence-electron chi connectivity index (χ4n) is 1.78. The van der Waals surface area contributed by atoms with Crippen molar-refractivity contribution in [3.05, 3.63) is 34.7 Å². The summed E-state index contributed by atoms with van der Waals surface area (Å²) in [5, 5.41) is 2.67. The van der Waals surface area contributed by atoms with E-state index in [1.54, 1.807) is 11.5 Å². The van der Waals surface area contributed by atoms with Crippen LogP contribution in [0.3, 0.4) is 0 Å². The Kier molecular flexibility index (Phi) is 3.47. The summed E-state index contributed by atoms with van der Waals surface area (Å²) in [7, 11) is 0. The monoisotopic (exact) mass is 248 g/mol. The molecule has 18 heavy (non-hydrogen) atoms. The lowest BCUT2D eigenvalue weighted by Crippen LogP contribution is -2.40. The van der Waals surface area contributed by atoms with Gasteiger partial charge >= 0.3 is 5.69 Å². The summed E-state index contributed by atoms with van der Waals surface area (Å²) < 4.78 is 1.59.